The van der Waals surface area contributed by atoms with Crippen molar-refractivity contribution in [3.05, 3.63) is 71.0 Å². The molecular weight excluding hydrogens is 347 g/mol. The molecule has 1 aromatic heterocycles. The standard InChI is InChI=1S/C21H19FN2O3/c1-13-10-15(11-14(2)20(13)25-3)21-23-17-12-24(9-8-19(17)26-21)27-18-7-5-4-6-16(18)22/h4-11H,12H2,1-3H3. The monoisotopic (exact) mass is 366 g/mol. The second-order valence-corrected chi connectivity index (χ2v) is 6.39. The maximum atomic E-state index is 13.8. The fourth-order valence-electron chi connectivity index (χ4n) is 3.19. The van der Waals surface area contributed by atoms with Gasteiger partial charge in [0.25, 0.3) is 0 Å². The lowest BCUT2D eigenvalue weighted by Gasteiger charge is -2.22. The molecule has 1 aliphatic rings. The molecule has 0 fully saturated rings. The number of hydrogen-bond donors (Lipinski definition) is 0. The summed E-state index contributed by atoms with van der Waals surface area (Å²) in [4.78, 5) is 10.2. The van der Waals surface area contributed by atoms with Crippen LogP contribution >= 0.6 is 0 Å². The second kappa shape index (κ2) is 6.79. The first-order chi connectivity index (χ1) is 13.0. The second-order valence-electron chi connectivity index (χ2n) is 6.39. The van der Waals surface area contributed by atoms with Crippen LogP contribution in [-0.2, 0) is 6.54 Å². The van der Waals surface area contributed by atoms with Crippen LogP contribution in [0.1, 0.15) is 22.6 Å². The molecule has 6 heteroatoms. The first kappa shape index (κ1) is 17.1. The van der Waals surface area contributed by atoms with Gasteiger partial charge in [0.15, 0.2) is 17.3 Å². The molecule has 0 amide bonds. The molecule has 1 aliphatic heterocycles. The first-order valence-electron chi connectivity index (χ1n) is 8.58. The third-order valence-electron chi connectivity index (χ3n) is 4.39. The molecule has 0 aliphatic carbocycles. The molecule has 2 heterocycles. The predicted molar refractivity (Wildman–Crippen MR) is 99.6 cm³/mol. The normalized spacial score (nSPS) is 12.8. The summed E-state index contributed by atoms with van der Waals surface area (Å²) in [5, 5.41) is 1.53. The summed E-state index contributed by atoms with van der Waals surface area (Å²) in [6.45, 7) is 4.34. The number of nitrogens with zero attached hydrogens (tertiary/aromatic N) is 2. The lowest BCUT2D eigenvalue weighted by Crippen LogP contribution is -2.24. The van der Waals surface area contributed by atoms with Gasteiger partial charge in [0.05, 0.1) is 7.11 Å². The quantitative estimate of drug-likeness (QED) is 0.658. The number of para-hydroxylation sites is 1. The third-order valence-corrected chi connectivity index (χ3v) is 4.39. The van der Waals surface area contributed by atoms with Crippen molar-refractivity contribution in [2.24, 2.45) is 0 Å². The van der Waals surface area contributed by atoms with Gasteiger partial charge >= 0.3 is 0 Å². The van der Waals surface area contributed by atoms with E-state index in [1.165, 1.54) is 11.1 Å². The molecule has 5 nitrogen and oxygen atoms in total. The topological polar surface area (TPSA) is 47.7 Å². The highest BCUT2D eigenvalue weighted by Gasteiger charge is 2.21. The molecule has 0 unspecified atom stereocenters. The van der Waals surface area contributed by atoms with Gasteiger partial charge in [-0.15, -0.1) is 0 Å². The molecule has 0 saturated carbocycles. The minimum atomic E-state index is -0.415. The van der Waals surface area contributed by atoms with Gasteiger partial charge in [0, 0.05) is 17.8 Å². The summed E-state index contributed by atoms with van der Waals surface area (Å²) in [5.41, 5.74) is 3.65. The van der Waals surface area contributed by atoms with Crippen LogP contribution in [0.2, 0.25) is 0 Å². The fraction of sp³-hybridized carbons (Fsp3) is 0.190. The molecule has 138 valence electrons. The number of benzene rings is 2. The Hall–Kier alpha value is -3.28. The van der Waals surface area contributed by atoms with Crippen molar-refractivity contribution in [3.63, 3.8) is 0 Å². The lowest BCUT2D eigenvalue weighted by atomic mass is 10.1. The molecule has 4 rings (SSSR count). The van der Waals surface area contributed by atoms with Crippen molar-refractivity contribution >= 4 is 6.08 Å². The summed E-state index contributed by atoms with van der Waals surface area (Å²) in [6, 6.07) is 10.3. The van der Waals surface area contributed by atoms with E-state index in [-0.39, 0.29) is 5.75 Å². The van der Waals surface area contributed by atoms with Gasteiger partial charge in [-0.3, -0.25) is 0 Å². The van der Waals surface area contributed by atoms with Crippen molar-refractivity contribution in [1.82, 2.24) is 10.0 Å². The van der Waals surface area contributed by atoms with Gasteiger partial charge in [0.2, 0.25) is 5.89 Å². The van der Waals surface area contributed by atoms with E-state index < -0.39 is 5.82 Å². The van der Waals surface area contributed by atoms with Crippen LogP contribution in [0.4, 0.5) is 4.39 Å². The van der Waals surface area contributed by atoms with Gasteiger partial charge in [-0.05, 0) is 49.2 Å². The number of hydroxylamine groups is 2. The molecule has 2 aromatic carbocycles. The van der Waals surface area contributed by atoms with E-state index in [0.717, 1.165) is 28.1 Å². The number of aryl methyl sites for hydroxylation is 2. The van der Waals surface area contributed by atoms with Crippen LogP contribution in [0.3, 0.4) is 0 Å². The Bertz CT molecular complexity index is 1000. The van der Waals surface area contributed by atoms with E-state index in [0.29, 0.717) is 18.2 Å². The van der Waals surface area contributed by atoms with Gasteiger partial charge < -0.3 is 14.0 Å². The maximum absolute atomic E-state index is 13.8. The van der Waals surface area contributed by atoms with Crippen molar-refractivity contribution in [3.8, 4) is 23.0 Å². The number of rotatable bonds is 4. The lowest BCUT2D eigenvalue weighted by molar-refractivity contribution is -0.0213. The summed E-state index contributed by atoms with van der Waals surface area (Å²) in [7, 11) is 1.66. The van der Waals surface area contributed by atoms with Gasteiger partial charge in [-0.2, -0.15) is 0 Å². The van der Waals surface area contributed by atoms with Gasteiger partial charge in [-0.1, -0.05) is 12.1 Å². The van der Waals surface area contributed by atoms with Crippen LogP contribution in [0.15, 0.2) is 47.0 Å². The Balaban J connectivity index is 1.58. The summed E-state index contributed by atoms with van der Waals surface area (Å²) >= 11 is 0. The Morgan fingerprint density at radius 3 is 2.59 bits per heavy atom. The van der Waals surface area contributed by atoms with Crippen LogP contribution in [-0.4, -0.2) is 17.2 Å². The highest BCUT2D eigenvalue weighted by atomic mass is 19.1. The van der Waals surface area contributed by atoms with Crippen molar-refractivity contribution in [2.45, 2.75) is 20.4 Å². The van der Waals surface area contributed by atoms with E-state index in [2.05, 4.69) is 4.98 Å². The zero-order valence-electron chi connectivity index (χ0n) is 15.3. The number of methoxy groups -OCH3 is 1. The Labute approximate surface area is 156 Å². The highest BCUT2D eigenvalue weighted by Crippen LogP contribution is 2.32. The molecular formula is C21H19FN2O3. The van der Waals surface area contributed by atoms with Crippen molar-refractivity contribution < 1.29 is 18.4 Å². The summed E-state index contributed by atoms with van der Waals surface area (Å²) in [5.74, 6) is 1.81. The Morgan fingerprint density at radius 2 is 1.89 bits per heavy atom. The fourth-order valence-corrected chi connectivity index (χ4v) is 3.19. The number of oxazole rings is 1. The predicted octanol–water partition coefficient (Wildman–Crippen LogP) is 4.89. The summed E-state index contributed by atoms with van der Waals surface area (Å²) < 4.78 is 25.1. The zero-order chi connectivity index (χ0) is 19.0. The molecule has 0 bridgehead atoms. The summed E-state index contributed by atoms with van der Waals surface area (Å²) in [6.07, 6.45) is 3.47. The van der Waals surface area contributed by atoms with Crippen LogP contribution in [0.25, 0.3) is 17.5 Å². The average Bonchev–Trinajstić information content (AvgIpc) is 3.07. The molecule has 0 atom stereocenters. The van der Waals surface area contributed by atoms with Crippen LogP contribution < -0.4 is 9.57 Å². The maximum Gasteiger partial charge on any atom is 0.227 e. The number of ether oxygens (including phenoxy) is 1. The van der Waals surface area contributed by atoms with Gasteiger partial charge in [0.1, 0.15) is 18.0 Å². The number of halogens is 1. The van der Waals surface area contributed by atoms with Gasteiger partial charge in [-0.25, -0.2) is 14.4 Å². The van der Waals surface area contributed by atoms with E-state index >= 15 is 0 Å². The van der Waals surface area contributed by atoms with E-state index in [9.17, 15) is 4.39 Å². The molecule has 0 radical (unpaired) electrons. The van der Waals surface area contributed by atoms with E-state index in [1.54, 1.807) is 37.6 Å². The largest absolute Gasteiger partial charge is 0.496 e. The number of aromatic nitrogens is 1. The molecule has 0 saturated heterocycles. The number of fused-ring (bicyclic) bond motifs is 1. The SMILES string of the molecule is COc1c(C)cc(-c2nc3c(o2)C=CN(Oc2ccccc2F)C3)cc1C. The minimum absolute atomic E-state index is 0.163. The zero-order valence-corrected chi connectivity index (χ0v) is 15.3. The molecule has 0 spiro atoms. The molecule has 0 N–H and O–H groups in total. The van der Waals surface area contributed by atoms with E-state index in [1.807, 2.05) is 26.0 Å². The molecule has 3 aromatic rings. The first-order valence-corrected chi connectivity index (χ1v) is 8.58. The van der Waals surface area contributed by atoms with Crippen molar-refractivity contribution in [1.29, 1.82) is 0 Å². The minimum Gasteiger partial charge on any atom is -0.496 e. The highest BCUT2D eigenvalue weighted by molar-refractivity contribution is 5.62. The van der Waals surface area contributed by atoms with Crippen LogP contribution in [0, 0.1) is 19.7 Å². The molecule has 27 heavy (non-hydrogen) atoms. The van der Waals surface area contributed by atoms with Crippen molar-refractivity contribution in [2.75, 3.05) is 7.11 Å². The smallest absolute Gasteiger partial charge is 0.227 e. The Morgan fingerprint density at radius 1 is 1.15 bits per heavy atom. The van der Waals surface area contributed by atoms with E-state index in [4.69, 9.17) is 14.0 Å². The van der Waals surface area contributed by atoms with Crippen LogP contribution in [0.5, 0.6) is 11.5 Å². The third kappa shape index (κ3) is 3.26. The average molecular weight is 366 g/mol. The number of hydrogen-bond acceptors (Lipinski definition) is 5. The Kier molecular flexibility index (Phi) is 4.32.